The van der Waals surface area contributed by atoms with Gasteiger partial charge in [-0.2, -0.15) is 8.42 Å². The highest BCUT2D eigenvalue weighted by atomic mass is 32.2. The summed E-state index contributed by atoms with van der Waals surface area (Å²) in [6.07, 6.45) is 9.54. The van der Waals surface area contributed by atoms with Crippen LogP contribution in [0.4, 0.5) is 0 Å². The van der Waals surface area contributed by atoms with Crippen LogP contribution >= 0.6 is 0 Å². The van der Waals surface area contributed by atoms with Crippen molar-refractivity contribution in [2.24, 2.45) is 0 Å². The number of nitrogens with one attached hydrogen (secondary N) is 1. The first kappa shape index (κ1) is 38.0. The van der Waals surface area contributed by atoms with Crippen LogP contribution in [0.25, 0.3) is 0 Å². The molecule has 48 heavy (non-hydrogen) atoms. The lowest BCUT2D eigenvalue weighted by molar-refractivity contribution is 0.126. The smallest absolute Gasteiger partial charge is 0.339 e. The molecular weight excluding hydrogens is 651 g/mol. The zero-order chi connectivity index (χ0) is 34.4. The van der Waals surface area contributed by atoms with E-state index in [-0.39, 0.29) is 21.5 Å². The normalized spacial score (nSPS) is 14.7. The molecular formula is C37H51NO8S2. The molecule has 1 saturated carbocycles. The van der Waals surface area contributed by atoms with Crippen LogP contribution in [-0.4, -0.2) is 58.6 Å². The molecule has 3 aromatic rings. The average Bonchev–Trinajstić information content (AvgIpc) is 3.63. The second-order valence-electron chi connectivity index (χ2n) is 12.7. The molecule has 3 aromatic carbocycles. The van der Waals surface area contributed by atoms with Crippen LogP contribution in [0.1, 0.15) is 92.6 Å². The van der Waals surface area contributed by atoms with Crippen LogP contribution in [-0.2, 0) is 37.7 Å². The molecule has 0 radical (unpaired) electrons. The van der Waals surface area contributed by atoms with E-state index in [4.69, 9.17) is 8.92 Å². The van der Waals surface area contributed by atoms with Gasteiger partial charge < -0.3 is 24.4 Å². The van der Waals surface area contributed by atoms with E-state index in [0.29, 0.717) is 23.6 Å². The molecule has 3 N–H and O–H groups in total. The predicted molar refractivity (Wildman–Crippen MR) is 187 cm³/mol. The van der Waals surface area contributed by atoms with Gasteiger partial charge >= 0.3 is 10.1 Å². The van der Waals surface area contributed by atoms with Crippen molar-refractivity contribution in [1.82, 2.24) is 5.32 Å². The van der Waals surface area contributed by atoms with Gasteiger partial charge in [0.05, 0.1) is 22.9 Å². The van der Waals surface area contributed by atoms with Gasteiger partial charge in [-0.3, -0.25) is 0 Å². The summed E-state index contributed by atoms with van der Waals surface area (Å²) in [5.41, 5.74) is 2.84. The van der Waals surface area contributed by atoms with E-state index in [1.807, 2.05) is 25.1 Å². The molecule has 1 aliphatic carbocycles. The third kappa shape index (κ3) is 11.4. The molecule has 0 aromatic heterocycles. The number of aryl methyl sites for hydroxylation is 2. The van der Waals surface area contributed by atoms with Crippen LogP contribution in [0.15, 0.2) is 76.5 Å². The Morgan fingerprint density at radius 2 is 1.54 bits per heavy atom. The fourth-order valence-electron chi connectivity index (χ4n) is 5.95. The minimum atomic E-state index is -4.06. The van der Waals surface area contributed by atoms with Crippen LogP contribution in [0.5, 0.6) is 5.75 Å². The van der Waals surface area contributed by atoms with Crippen LogP contribution in [0, 0.1) is 6.92 Å². The highest BCUT2D eigenvalue weighted by molar-refractivity contribution is 7.92. The average molecular weight is 702 g/mol. The van der Waals surface area contributed by atoms with Gasteiger partial charge in [0.25, 0.3) is 0 Å². The molecule has 9 nitrogen and oxygen atoms in total. The van der Waals surface area contributed by atoms with E-state index in [0.717, 1.165) is 94.9 Å². The topological polar surface area (TPSA) is 139 Å². The van der Waals surface area contributed by atoms with Gasteiger partial charge in [-0.15, -0.1) is 0 Å². The minimum absolute atomic E-state index is 0.0266. The SMILES string of the molecule is Cc1ccc(S(=O)(=O)Oc2ccc([C@@H](O)CNCCCCCCOCCCCc3cccc(S(=O)(=O)C4CCCC4)c3)cc2CO)cc1. The summed E-state index contributed by atoms with van der Waals surface area (Å²) in [4.78, 5) is 0.497. The Labute approximate surface area is 286 Å². The number of sulfone groups is 1. The third-order valence-electron chi connectivity index (χ3n) is 8.85. The minimum Gasteiger partial charge on any atom is -0.392 e. The number of benzene rings is 3. The van der Waals surface area contributed by atoms with Crippen LogP contribution < -0.4 is 9.50 Å². The number of ether oxygens (including phenoxy) is 1. The molecule has 1 aliphatic rings. The summed E-state index contributed by atoms with van der Waals surface area (Å²) in [6, 6.07) is 18.4. The largest absolute Gasteiger partial charge is 0.392 e. The maximum atomic E-state index is 12.9. The quantitative estimate of drug-likeness (QED) is 0.0876. The van der Waals surface area contributed by atoms with Crippen molar-refractivity contribution in [3.05, 3.63) is 89.0 Å². The van der Waals surface area contributed by atoms with Gasteiger partial charge in [-0.25, -0.2) is 8.42 Å². The number of aliphatic hydroxyl groups is 2. The molecule has 264 valence electrons. The summed E-state index contributed by atoms with van der Waals surface area (Å²) in [5, 5.41) is 23.5. The molecule has 0 unspecified atom stereocenters. The second kappa shape index (κ2) is 18.8. The van der Waals surface area contributed by atoms with Gasteiger partial charge in [-0.1, -0.05) is 61.6 Å². The molecule has 11 heteroatoms. The number of unbranched alkanes of at least 4 members (excludes halogenated alkanes) is 4. The molecule has 0 aliphatic heterocycles. The molecule has 0 amide bonds. The Morgan fingerprint density at radius 1 is 0.833 bits per heavy atom. The molecule has 0 heterocycles. The zero-order valence-electron chi connectivity index (χ0n) is 28.0. The molecule has 1 atom stereocenters. The summed E-state index contributed by atoms with van der Waals surface area (Å²) in [5.74, 6) is 0.0285. The highest BCUT2D eigenvalue weighted by Gasteiger charge is 2.30. The van der Waals surface area contributed by atoms with Gasteiger partial charge in [0.15, 0.2) is 9.84 Å². The molecule has 1 fully saturated rings. The molecule has 0 spiro atoms. The Morgan fingerprint density at radius 3 is 2.27 bits per heavy atom. The fourth-order valence-corrected chi connectivity index (χ4v) is 8.84. The van der Waals surface area contributed by atoms with Gasteiger partial charge in [0.2, 0.25) is 0 Å². The van der Waals surface area contributed by atoms with Gasteiger partial charge in [0.1, 0.15) is 10.6 Å². The molecule has 4 rings (SSSR count). The van der Waals surface area contributed by atoms with Gasteiger partial charge in [0, 0.05) is 25.3 Å². The maximum Gasteiger partial charge on any atom is 0.339 e. The Kier molecular flexibility index (Phi) is 14.9. The standard InChI is InChI=1S/C37H51NO8S2/c1-29-16-19-34(20-17-29)48(43,44)46-37-21-18-31(26-32(37)28-39)36(40)27-38-22-7-2-3-8-23-45-24-9-6-11-30-12-10-15-35(25-30)47(41,42)33-13-4-5-14-33/h10,12,15-21,25-26,33,36,38-40H,2-9,11,13-14,22-24,27-28H2,1H3/t36-/m0/s1. The maximum absolute atomic E-state index is 12.9. The van der Waals surface area contributed by atoms with Crippen molar-refractivity contribution in [1.29, 1.82) is 0 Å². The lowest BCUT2D eigenvalue weighted by atomic mass is 10.1. The molecule has 0 bridgehead atoms. The number of rotatable bonds is 21. The Balaban J connectivity index is 1.04. The second-order valence-corrected chi connectivity index (χ2v) is 16.5. The number of hydrogen-bond acceptors (Lipinski definition) is 9. The summed E-state index contributed by atoms with van der Waals surface area (Å²) in [6.45, 7) is 3.94. The predicted octanol–water partition coefficient (Wildman–Crippen LogP) is 6.19. The van der Waals surface area contributed by atoms with E-state index in [9.17, 15) is 27.0 Å². The van der Waals surface area contributed by atoms with E-state index in [2.05, 4.69) is 5.32 Å². The Bertz CT molecular complexity index is 1640. The number of hydrogen-bond donors (Lipinski definition) is 3. The highest BCUT2D eigenvalue weighted by Crippen LogP contribution is 2.30. The lowest BCUT2D eigenvalue weighted by Gasteiger charge is -2.16. The van der Waals surface area contributed by atoms with Crippen LogP contribution in [0.2, 0.25) is 0 Å². The van der Waals surface area contributed by atoms with E-state index < -0.39 is 32.7 Å². The number of aliphatic hydroxyl groups excluding tert-OH is 2. The zero-order valence-corrected chi connectivity index (χ0v) is 29.6. The summed E-state index contributed by atoms with van der Waals surface area (Å²) >= 11 is 0. The van der Waals surface area contributed by atoms with Crippen molar-refractivity contribution in [3.63, 3.8) is 0 Å². The van der Waals surface area contributed by atoms with Crippen molar-refractivity contribution >= 4 is 20.0 Å². The van der Waals surface area contributed by atoms with Crippen molar-refractivity contribution in [2.45, 2.75) is 105 Å². The van der Waals surface area contributed by atoms with Crippen molar-refractivity contribution in [2.75, 3.05) is 26.3 Å². The van der Waals surface area contributed by atoms with Crippen molar-refractivity contribution in [3.8, 4) is 5.75 Å². The van der Waals surface area contributed by atoms with E-state index in [1.54, 1.807) is 30.3 Å². The van der Waals surface area contributed by atoms with E-state index >= 15 is 0 Å². The monoisotopic (exact) mass is 701 g/mol. The first-order chi connectivity index (χ1) is 23.1. The lowest BCUT2D eigenvalue weighted by Crippen LogP contribution is -2.22. The van der Waals surface area contributed by atoms with Crippen LogP contribution in [0.3, 0.4) is 0 Å². The first-order valence-corrected chi connectivity index (χ1v) is 20.1. The fraction of sp³-hybridized carbons (Fsp3) is 0.514. The molecule has 0 saturated heterocycles. The third-order valence-corrected chi connectivity index (χ3v) is 12.4. The Hall–Kier alpha value is -2.80. The van der Waals surface area contributed by atoms with E-state index in [1.165, 1.54) is 18.2 Å². The first-order valence-electron chi connectivity index (χ1n) is 17.1. The van der Waals surface area contributed by atoms with Gasteiger partial charge in [-0.05, 0) is 106 Å². The summed E-state index contributed by atoms with van der Waals surface area (Å²) < 4.78 is 62.2. The summed E-state index contributed by atoms with van der Waals surface area (Å²) in [7, 11) is -7.27. The van der Waals surface area contributed by atoms with Crippen molar-refractivity contribution < 1.29 is 36.0 Å².